The molecule has 1 aliphatic carbocycles. The molecule has 0 spiro atoms. The van der Waals surface area contributed by atoms with Crippen LogP contribution in [0.2, 0.25) is 0 Å². The second-order valence-corrected chi connectivity index (χ2v) is 6.04. The first-order valence-electron chi connectivity index (χ1n) is 5.76. The molecule has 0 aromatic heterocycles. The van der Waals surface area contributed by atoms with E-state index in [9.17, 15) is 4.79 Å². The summed E-state index contributed by atoms with van der Waals surface area (Å²) in [6.45, 7) is 0.879. The molecule has 4 heteroatoms. The van der Waals surface area contributed by atoms with E-state index in [-0.39, 0.29) is 23.2 Å². The SMILES string of the molecule is O=C(NCC1(CO)CC1)C1CCCCS1. The summed E-state index contributed by atoms with van der Waals surface area (Å²) in [7, 11) is 0. The summed E-state index contributed by atoms with van der Waals surface area (Å²) in [4.78, 5) is 11.8. The Balaban J connectivity index is 1.72. The third-order valence-electron chi connectivity index (χ3n) is 3.40. The van der Waals surface area contributed by atoms with E-state index in [1.54, 1.807) is 11.8 Å². The van der Waals surface area contributed by atoms with E-state index in [1.807, 2.05) is 0 Å². The van der Waals surface area contributed by atoms with Crippen LogP contribution in [0.25, 0.3) is 0 Å². The van der Waals surface area contributed by atoms with Crippen molar-refractivity contribution in [3.8, 4) is 0 Å². The van der Waals surface area contributed by atoms with Crippen LogP contribution in [-0.4, -0.2) is 35.2 Å². The molecule has 1 aliphatic heterocycles. The highest BCUT2D eigenvalue weighted by atomic mass is 32.2. The fraction of sp³-hybridized carbons (Fsp3) is 0.909. The van der Waals surface area contributed by atoms with Crippen LogP contribution in [0.5, 0.6) is 0 Å². The van der Waals surface area contributed by atoms with Crippen molar-refractivity contribution in [1.29, 1.82) is 0 Å². The number of hydrogen-bond donors (Lipinski definition) is 2. The topological polar surface area (TPSA) is 49.3 Å². The normalized spacial score (nSPS) is 28.5. The number of nitrogens with one attached hydrogen (secondary N) is 1. The Bertz CT molecular complexity index is 235. The summed E-state index contributed by atoms with van der Waals surface area (Å²) < 4.78 is 0. The Morgan fingerprint density at radius 2 is 2.27 bits per heavy atom. The average Bonchev–Trinajstić information content (AvgIpc) is 3.08. The first-order chi connectivity index (χ1) is 7.26. The monoisotopic (exact) mass is 229 g/mol. The van der Waals surface area contributed by atoms with E-state index in [4.69, 9.17) is 5.11 Å². The van der Waals surface area contributed by atoms with Gasteiger partial charge in [0.2, 0.25) is 5.91 Å². The van der Waals surface area contributed by atoms with Crippen LogP contribution in [0, 0.1) is 5.41 Å². The lowest BCUT2D eigenvalue weighted by Crippen LogP contribution is -2.38. The molecule has 1 amide bonds. The van der Waals surface area contributed by atoms with Gasteiger partial charge in [-0.15, -0.1) is 11.8 Å². The molecule has 2 aliphatic rings. The molecule has 0 aromatic rings. The smallest absolute Gasteiger partial charge is 0.233 e. The van der Waals surface area contributed by atoms with Gasteiger partial charge in [-0.1, -0.05) is 6.42 Å². The molecule has 0 radical (unpaired) electrons. The van der Waals surface area contributed by atoms with Crippen molar-refractivity contribution >= 4 is 17.7 Å². The van der Waals surface area contributed by atoms with E-state index < -0.39 is 0 Å². The number of carbonyl (C=O) groups is 1. The third kappa shape index (κ3) is 2.88. The highest BCUT2D eigenvalue weighted by Crippen LogP contribution is 2.44. The molecule has 3 nitrogen and oxygen atoms in total. The van der Waals surface area contributed by atoms with Gasteiger partial charge in [-0.3, -0.25) is 4.79 Å². The predicted molar refractivity (Wildman–Crippen MR) is 61.9 cm³/mol. The lowest BCUT2D eigenvalue weighted by atomic mass is 10.1. The van der Waals surface area contributed by atoms with Gasteiger partial charge < -0.3 is 10.4 Å². The van der Waals surface area contributed by atoms with Crippen molar-refractivity contribution in [2.45, 2.75) is 37.4 Å². The zero-order chi connectivity index (χ0) is 10.7. The van der Waals surface area contributed by atoms with Gasteiger partial charge in [0.25, 0.3) is 0 Å². The Hall–Kier alpha value is -0.220. The van der Waals surface area contributed by atoms with Crippen LogP contribution in [0.15, 0.2) is 0 Å². The van der Waals surface area contributed by atoms with Gasteiger partial charge in [0.15, 0.2) is 0 Å². The molecule has 0 aromatic carbocycles. The summed E-state index contributed by atoms with van der Waals surface area (Å²) >= 11 is 1.78. The van der Waals surface area contributed by atoms with Crippen molar-refractivity contribution in [3.63, 3.8) is 0 Å². The zero-order valence-corrected chi connectivity index (χ0v) is 9.81. The molecule has 1 saturated heterocycles. The fourth-order valence-electron chi connectivity index (χ4n) is 1.90. The van der Waals surface area contributed by atoms with Crippen LogP contribution >= 0.6 is 11.8 Å². The Kier molecular flexibility index (Phi) is 3.57. The van der Waals surface area contributed by atoms with Crippen molar-refractivity contribution in [2.75, 3.05) is 18.9 Å². The van der Waals surface area contributed by atoms with Crippen molar-refractivity contribution in [3.05, 3.63) is 0 Å². The average molecular weight is 229 g/mol. The van der Waals surface area contributed by atoms with Gasteiger partial charge in [-0.2, -0.15) is 0 Å². The molecule has 1 atom stereocenters. The van der Waals surface area contributed by atoms with Crippen LogP contribution in [0.1, 0.15) is 32.1 Å². The highest BCUT2D eigenvalue weighted by Gasteiger charge is 2.42. The third-order valence-corrected chi connectivity index (χ3v) is 4.78. The summed E-state index contributed by atoms with van der Waals surface area (Å²) in [6.07, 6.45) is 5.55. The molecule has 1 heterocycles. The van der Waals surface area contributed by atoms with Crippen molar-refractivity contribution in [1.82, 2.24) is 5.32 Å². The summed E-state index contributed by atoms with van der Waals surface area (Å²) in [5, 5.41) is 12.3. The van der Waals surface area contributed by atoms with Crippen molar-refractivity contribution < 1.29 is 9.90 Å². The molecule has 86 valence electrons. The van der Waals surface area contributed by atoms with Crippen molar-refractivity contribution in [2.24, 2.45) is 5.41 Å². The summed E-state index contributed by atoms with van der Waals surface area (Å²) in [6, 6.07) is 0. The second kappa shape index (κ2) is 4.74. The van der Waals surface area contributed by atoms with Gasteiger partial charge in [0.1, 0.15) is 0 Å². The minimum absolute atomic E-state index is 0.0367. The van der Waals surface area contributed by atoms with E-state index in [1.165, 1.54) is 12.8 Å². The quantitative estimate of drug-likeness (QED) is 0.760. The van der Waals surface area contributed by atoms with Gasteiger partial charge >= 0.3 is 0 Å². The number of aliphatic hydroxyl groups is 1. The lowest BCUT2D eigenvalue weighted by molar-refractivity contribution is -0.121. The van der Waals surface area contributed by atoms with Gasteiger partial charge in [0, 0.05) is 12.0 Å². The van der Waals surface area contributed by atoms with Crippen LogP contribution < -0.4 is 5.32 Å². The maximum atomic E-state index is 11.8. The van der Waals surface area contributed by atoms with E-state index >= 15 is 0 Å². The summed E-state index contributed by atoms with van der Waals surface area (Å²) in [5.74, 6) is 1.29. The number of hydrogen-bond acceptors (Lipinski definition) is 3. The predicted octanol–water partition coefficient (Wildman–Crippen LogP) is 1.16. The van der Waals surface area contributed by atoms with Crippen LogP contribution in [0.4, 0.5) is 0 Å². The van der Waals surface area contributed by atoms with Gasteiger partial charge in [-0.25, -0.2) is 0 Å². The second-order valence-electron chi connectivity index (χ2n) is 4.73. The first kappa shape index (κ1) is 11.3. The molecule has 1 saturated carbocycles. The molecule has 2 N–H and O–H groups in total. The lowest BCUT2D eigenvalue weighted by Gasteiger charge is -2.21. The Morgan fingerprint density at radius 1 is 1.47 bits per heavy atom. The molecular formula is C11H19NO2S. The molecule has 15 heavy (non-hydrogen) atoms. The molecule has 2 fully saturated rings. The Morgan fingerprint density at radius 3 is 2.80 bits per heavy atom. The largest absolute Gasteiger partial charge is 0.396 e. The fourth-order valence-corrected chi connectivity index (χ4v) is 3.13. The maximum Gasteiger partial charge on any atom is 0.233 e. The molecular weight excluding hydrogens is 210 g/mol. The van der Waals surface area contributed by atoms with E-state index in [0.717, 1.165) is 25.0 Å². The van der Waals surface area contributed by atoms with Gasteiger partial charge in [0.05, 0.1) is 11.9 Å². The van der Waals surface area contributed by atoms with E-state index in [2.05, 4.69) is 5.32 Å². The number of rotatable bonds is 4. The van der Waals surface area contributed by atoms with Crippen LogP contribution in [-0.2, 0) is 4.79 Å². The van der Waals surface area contributed by atoms with Crippen LogP contribution in [0.3, 0.4) is 0 Å². The van der Waals surface area contributed by atoms with E-state index in [0.29, 0.717) is 6.54 Å². The number of thioether (sulfide) groups is 1. The highest BCUT2D eigenvalue weighted by molar-refractivity contribution is 8.00. The molecule has 1 unspecified atom stereocenters. The van der Waals surface area contributed by atoms with Gasteiger partial charge in [-0.05, 0) is 31.4 Å². The number of amides is 1. The maximum absolute atomic E-state index is 11.8. The molecule has 0 bridgehead atoms. The first-order valence-corrected chi connectivity index (χ1v) is 6.81. The molecule has 2 rings (SSSR count). The zero-order valence-electron chi connectivity index (χ0n) is 9.00. The summed E-state index contributed by atoms with van der Waals surface area (Å²) in [5.41, 5.74) is 0.0367. The minimum atomic E-state index is 0.0367. The standard InChI is InChI=1S/C11H19NO2S/c13-8-11(4-5-11)7-12-10(14)9-3-1-2-6-15-9/h9,13H,1-8H2,(H,12,14). The number of aliphatic hydroxyl groups excluding tert-OH is 1. The Labute approximate surface area is 95.0 Å². The minimum Gasteiger partial charge on any atom is -0.396 e. The number of carbonyl (C=O) groups excluding carboxylic acids is 1.